The number of benzene rings is 1. The maximum atomic E-state index is 14.1. The minimum absolute atomic E-state index is 0.268. The van der Waals surface area contributed by atoms with Crippen molar-refractivity contribution in [1.82, 2.24) is 14.9 Å². The topological polar surface area (TPSA) is 69.2 Å². The van der Waals surface area contributed by atoms with Crippen molar-refractivity contribution in [3.8, 4) is 0 Å². The molecule has 0 atom stereocenters. The summed E-state index contributed by atoms with van der Waals surface area (Å²) in [6, 6.07) is 8.53. The van der Waals surface area contributed by atoms with Crippen molar-refractivity contribution >= 4 is 28.7 Å². The first-order valence-corrected chi connectivity index (χ1v) is 9.28. The number of nitrogens with one attached hydrogen (secondary N) is 1. The lowest BCUT2D eigenvalue weighted by atomic mass is 9.90. The first kappa shape index (κ1) is 17.8. The Morgan fingerprint density at radius 2 is 2.07 bits per heavy atom. The molecule has 27 heavy (non-hydrogen) atoms. The molecule has 3 aromatic rings. The minimum Gasteiger partial charge on any atom is -0.465 e. The first-order valence-electron chi connectivity index (χ1n) is 8.90. The van der Waals surface area contributed by atoms with Gasteiger partial charge in [-0.3, -0.25) is 4.98 Å². The van der Waals surface area contributed by atoms with E-state index in [1.807, 2.05) is 18.3 Å². The van der Waals surface area contributed by atoms with Gasteiger partial charge in [0, 0.05) is 36.4 Å². The molecule has 4 rings (SSSR count). The van der Waals surface area contributed by atoms with Crippen LogP contribution in [0.3, 0.4) is 0 Å². The summed E-state index contributed by atoms with van der Waals surface area (Å²) in [6.45, 7) is 1.06. The number of aromatic amines is 1. The second-order valence-corrected chi connectivity index (χ2v) is 7.34. The molecule has 0 unspecified atom stereocenters. The highest BCUT2D eigenvalue weighted by Crippen LogP contribution is 2.32. The van der Waals surface area contributed by atoms with E-state index in [1.165, 1.54) is 11.0 Å². The summed E-state index contributed by atoms with van der Waals surface area (Å²) in [5.41, 5.74) is 4.26. The molecular weight excluding hydrogens is 369 g/mol. The van der Waals surface area contributed by atoms with E-state index in [1.54, 1.807) is 12.1 Å². The summed E-state index contributed by atoms with van der Waals surface area (Å²) in [7, 11) is 0. The fraction of sp³-hybridized carbons (Fsp3) is 0.300. The largest absolute Gasteiger partial charge is 0.465 e. The Hall–Kier alpha value is -2.60. The van der Waals surface area contributed by atoms with Crippen LogP contribution in [0.2, 0.25) is 5.02 Å². The Morgan fingerprint density at radius 1 is 1.30 bits per heavy atom. The molecule has 0 radical (unpaired) electrons. The van der Waals surface area contributed by atoms with Crippen LogP contribution in [0.15, 0.2) is 36.5 Å². The number of carboxylic acid groups (broad SMARTS) is 1. The van der Waals surface area contributed by atoms with E-state index in [4.69, 9.17) is 21.7 Å². The number of rotatable bonds is 3. The van der Waals surface area contributed by atoms with Crippen LogP contribution >= 0.6 is 11.6 Å². The Labute approximate surface area is 160 Å². The maximum absolute atomic E-state index is 14.1. The van der Waals surface area contributed by atoms with Crippen LogP contribution in [0.1, 0.15) is 35.6 Å². The number of hydrogen-bond donors (Lipinski definition) is 2. The average Bonchev–Trinajstić information content (AvgIpc) is 3.07. The summed E-state index contributed by atoms with van der Waals surface area (Å²) < 4.78 is 14.1. The summed E-state index contributed by atoms with van der Waals surface area (Å²) in [6.07, 6.45) is 3.04. The van der Waals surface area contributed by atoms with Crippen molar-refractivity contribution in [3.63, 3.8) is 0 Å². The van der Waals surface area contributed by atoms with Gasteiger partial charge in [0.05, 0.1) is 11.0 Å². The van der Waals surface area contributed by atoms with E-state index in [2.05, 4.69) is 4.98 Å². The zero-order valence-electron chi connectivity index (χ0n) is 14.6. The van der Waals surface area contributed by atoms with Crippen LogP contribution in [-0.2, 0) is 6.42 Å². The number of piperidine rings is 1. The van der Waals surface area contributed by atoms with Gasteiger partial charge in [0.15, 0.2) is 0 Å². The Kier molecular flexibility index (Phi) is 4.74. The van der Waals surface area contributed by atoms with E-state index in [9.17, 15) is 9.18 Å². The Balaban J connectivity index is 1.59. The molecule has 0 saturated carbocycles. The number of aromatic nitrogens is 2. The van der Waals surface area contributed by atoms with Crippen LogP contribution < -0.4 is 0 Å². The molecule has 1 aliphatic rings. The number of fused-ring (bicyclic) bond motifs is 1. The number of nitrogens with zero attached hydrogens (tertiary/aromatic N) is 2. The molecule has 0 bridgehead atoms. The van der Waals surface area contributed by atoms with Crippen molar-refractivity contribution < 1.29 is 14.3 Å². The quantitative estimate of drug-likeness (QED) is 0.678. The monoisotopic (exact) mass is 387 g/mol. The highest BCUT2D eigenvalue weighted by molar-refractivity contribution is 6.30. The first-order chi connectivity index (χ1) is 13.0. The number of amides is 1. The second kappa shape index (κ2) is 7.19. The molecule has 1 saturated heterocycles. The SMILES string of the molecule is O=C(O)N1CCC(c2c[nH]c3ccc(Cc4ccc(Cl)cc4F)nc23)CC1. The standard InChI is InChI=1S/C20H19ClFN3O2/c21-14-2-1-13(17(22)10-14)9-15-3-4-18-19(24-15)16(11-23-18)12-5-7-25(8-6-12)20(26)27/h1-4,10-12,23H,5-9H2,(H,26,27). The van der Waals surface area contributed by atoms with Gasteiger partial charge in [0.25, 0.3) is 0 Å². The smallest absolute Gasteiger partial charge is 0.407 e. The molecule has 7 heteroatoms. The van der Waals surface area contributed by atoms with Gasteiger partial charge in [-0.05, 0) is 54.2 Å². The normalized spacial score (nSPS) is 15.4. The highest BCUT2D eigenvalue weighted by atomic mass is 35.5. The fourth-order valence-corrected chi connectivity index (χ4v) is 3.87. The lowest BCUT2D eigenvalue weighted by molar-refractivity contribution is 0.132. The highest BCUT2D eigenvalue weighted by Gasteiger charge is 2.25. The van der Waals surface area contributed by atoms with Crippen molar-refractivity contribution in [2.75, 3.05) is 13.1 Å². The van der Waals surface area contributed by atoms with Crippen LogP contribution in [0, 0.1) is 5.82 Å². The number of H-pyrrole nitrogens is 1. The second-order valence-electron chi connectivity index (χ2n) is 6.90. The van der Waals surface area contributed by atoms with Gasteiger partial charge in [-0.1, -0.05) is 17.7 Å². The Bertz CT molecular complexity index is 996. The van der Waals surface area contributed by atoms with Crippen molar-refractivity contribution in [3.05, 3.63) is 64.2 Å². The molecular formula is C20H19ClFN3O2. The van der Waals surface area contributed by atoms with Crippen LogP contribution in [0.4, 0.5) is 9.18 Å². The maximum Gasteiger partial charge on any atom is 0.407 e. The van der Waals surface area contributed by atoms with Crippen molar-refractivity contribution in [2.24, 2.45) is 0 Å². The van der Waals surface area contributed by atoms with Gasteiger partial charge >= 0.3 is 6.09 Å². The third kappa shape index (κ3) is 3.62. The Morgan fingerprint density at radius 3 is 2.78 bits per heavy atom. The van der Waals surface area contributed by atoms with Gasteiger partial charge in [0.2, 0.25) is 0 Å². The summed E-state index contributed by atoms with van der Waals surface area (Å²) in [4.78, 5) is 20.6. The molecule has 1 aliphatic heterocycles. The van der Waals surface area contributed by atoms with E-state index >= 15 is 0 Å². The van der Waals surface area contributed by atoms with Crippen LogP contribution in [-0.4, -0.2) is 39.2 Å². The third-order valence-corrected chi connectivity index (χ3v) is 5.44. The van der Waals surface area contributed by atoms with Gasteiger partial charge in [0.1, 0.15) is 5.82 Å². The zero-order valence-corrected chi connectivity index (χ0v) is 15.3. The average molecular weight is 388 g/mol. The van der Waals surface area contributed by atoms with Gasteiger partial charge in [-0.15, -0.1) is 0 Å². The number of pyridine rings is 1. The van der Waals surface area contributed by atoms with Crippen molar-refractivity contribution in [1.29, 1.82) is 0 Å². The summed E-state index contributed by atoms with van der Waals surface area (Å²) in [5.74, 6) is -0.0656. The van der Waals surface area contributed by atoms with Gasteiger partial charge < -0.3 is 15.0 Å². The van der Waals surface area contributed by atoms with Crippen LogP contribution in [0.5, 0.6) is 0 Å². The minimum atomic E-state index is -0.863. The van der Waals surface area contributed by atoms with E-state index < -0.39 is 6.09 Å². The molecule has 2 N–H and O–H groups in total. The van der Waals surface area contributed by atoms with E-state index in [0.717, 1.165) is 35.1 Å². The number of halogens is 2. The fourth-order valence-electron chi connectivity index (χ4n) is 3.71. The predicted octanol–water partition coefficient (Wildman–Crippen LogP) is 4.80. The molecule has 1 fully saturated rings. The molecule has 3 heterocycles. The molecule has 1 aromatic carbocycles. The number of hydrogen-bond acceptors (Lipinski definition) is 2. The van der Waals surface area contributed by atoms with Crippen LogP contribution in [0.25, 0.3) is 11.0 Å². The molecule has 0 spiro atoms. The number of likely N-dealkylation sites (tertiary alicyclic amines) is 1. The molecule has 0 aliphatic carbocycles. The van der Waals surface area contributed by atoms with E-state index in [-0.39, 0.29) is 11.7 Å². The predicted molar refractivity (Wildman–Crippen MR) is 102 cm³/mol. The molecule has 5 nitrogen and oxygen atoms in total. The molecule has 1 amide bonds. The van der Waals surface area contributed by atoms with E-state index in [0.29, 0.717) is 30.1 Å². The zero-order chi connectivity index (χ0) is 19.0. The summed E-state index contributed by atoms with van der Waals surface area (Å²) in [5, 5.41) is 9.49. The van der Waals surface area contributed by atoms with Gasteiger partial charge in [-0.25, -0.2) is 9.18 Å². The third-order valence-electron chi connectivity index (χ3n) is 5.20. The lowest BCUT2D eigenvalue weighted by Crippen LogP contribution is -2.36. The molecule has 140 valence electrons. The molecule has 2 aromatic heterocycles. The number of carbonyl (C=O) groups is 1. The van der Waals surface area contributed by atoms with Gasteiger partial charge in [-0.2, -0.15) is 0 Å². The lowest BCUT2D eigenvalue weighted by Gasteiger charge is -2.29. The van der Waals surface area contributed by atoms with Crippen molar-refractivity contribution in [2.45, 2.75) is 25.2 Å². The summed E-state index contributed by atoms with van der Waals surface area (Å²) >= 11 is 5.82.